The number of nitrogens with zero attached hydrogens (tertiary/aromatic N) is 1. The van der Waals surface area contributed by atoms with Gasteiger partial charge >= 0.3 is 5.97 Å². The third-order valence-electron chi connectivity index (χ3n) is 4.58. The minimum absolute atomic E-state index is 0.110. The van der Waals surface area contributed by atoms with Crippen molar-refractivity contribution >= 4 is 11.9 Å². The van der Waals surface area contributed by atoms with Gasteiger partial charge in [0.15, 0.2) is 17.2 Å². The van der Waals surface area contributed by atoms with Gasteiger partial charge in [-0.25, -0.2) is 9.78 Å². The van der Waals surface area contributed by atoms with Crippen molar-refractivity contribution in [2.45, 2.75) is 52.4 Å². The van der Waals surface area contributed by atoms with Crippen LogP contribution < -0.4 is 14.8 Å². The molecule has 1 aromatic heterocycles. The van der Waals surface area contributed by atoms with E-state index in [2.05, 4.69) is 10.3 Å². The Balaban J connectivity index is 2.04. The number of methoxy groups -OCH3 is 1. The number of aromatic nitrogens is 1. The molecule has 0 saturated carbocycles. The fourth-order valence-electron chi connectivity index (χ4n) is 2.93. The van der Waals surface area contributed by atoms with Gasteiger partial charge in [-0.1, -0.05) is 32.0 Å². The summed E-state index contributed by atoms with van der Waals surface area (Å²) in [4.78, 5) is 29.0. The van der Waals surface area contributed by atoms with Crippen molar-refractivity contribution in [2.24, 2.45) is 5.92 Å². The number of esters is 1. The normalized spacial score (nSPS) is 13.7. The lowest BCUT2D eigenvalue weighted by atomic mass is 10.0. The Morgan fingerprint density at radius 3 is 2.39 bits per heavy atom. The van der Waals surface area contributed by atoms with Crippen molar-refractivity contribution in [3.63, 3.8) is 0 Å². The predicted molar refractivity (Wildman–Crippen MR) is 115 cm³/mol. The highest BCUT2D eigenvalue weighted by Gasteiger charge is 2.28. The number of aromatic hydroxyl groups is 1. The summed E-state index contributed by atoms with van der Waals surface area (Å²) in [6.07, 6.45) is 1.03. The summed E-state index contributed by atoms with van der Waals surface area (Å²) in [5.74, 6) is -0.659. The molecule has 8 heteroatoms. The molecule has 0 unspecified atom stereocenters. The van der Waals surface area contributed by atoms with Gasteiger partial charge in [-0.15, -0.1) is 0 Å². The zero-order valence-corrected chi connectivity index (χ0v) is 18.5. The van der Waals surface area contributed by atoms with E-state index in [1.54, 1.807) is 0 Å². The molecular weight excluding hydrogens is 400 g/mol. The van der Waals surface area contributed by atoms with E-state index < -0.39 is 29.8 Å². The van der Waals surface area contributed by atoms with Crippen molar-refractivity contribution in [1.29, 1.82) is 0 Å². The largest absolute Gasteiger partial charge is 0.503 e. The Hall–Kier alpha value is -3.29. The Labute approximate surface area is 182 Å². The van der Waals surface area contributed by atoms with E-state index in [0.717, 1.165) is 0 Å². The number of hydrogen-bond acceptors (Lipinski definition) is 7. The van der Waals surface area contributed by atoms with Crippen molar-refractivity contribution in [1.82, 2.24) is 10.3 Å². The van der Waals surface area contributed by atoms with E-state index >= 15 is 0 Å². The van der Waals surface area contributed by atoms with Crippen LogP contribution in [0.1, 0.15) is 44.6 Å². The maximum Gasteiger partial charge on any atom is 0.328 e. The van der Waals surface area contributed by atoms with Crippen LogP contribution in [0, 0.1) is 5.92 Å². The lowest BCUT2D eigenvalue weighted by Gasteiger charge is -2.27. The maximum atomic E-state index is 12.7. The molecule has 31 heavy (non-hydrogen) atoms. The minimum atomic E-state index is -0.960. The van der Waals surface area contributed by atoms with E-state index in [9.17, 15) is 14.7 Å². The second-order valence-corrected chi connectivity index (χ2v) is 7.65. The first-order valence-corrected chi connectivity index (χ1v) is 10.2. The van der Waals surface area contributed by atoms with Crippen LogP contribution in [-0.2, 0) is 9.53 Å². The van der Waals surface area contributed by atoms with Crippen molar-refractivity contribution in [2.75, 3.05) is 7.11 Å². The van der Waals surface area contributed by atoms with E-state index in [1.807, 2.05) is 51.1 Å². The number of nitrogens with one attached hydrogen (secondary N) is 1. The first-order chi connectivity index (χ1) is 14.7. The van der Waals surface area contributed by atoms with Crippen molar-refractivity contribution in [3.05, 3.63) is 48.3 Å². The monoisotopic (exact) mass is 430 g/mol. The zero-order valence-electron chi connectivity index (χ0n) is 18.5. The molecule has 3 atom stereocenters. The highest BCUT2D eigenvalue weighted by molar-refractivity contribution is 5.97. The Morgan fingerprint density at radius 1 is 1.10 bits per heavy atom. The van der Waals surface area contributed by atoms with E-state index in [0.29, 0.717) is 12.2 Å². The molecular formula is C23H30N2O6. The van der Waals surface area contributed by atoms with Crippen LogP contribution in [0.4, 0.5) is 0 Å². The SMILES string of the molecule is COc1ccnc(C(=O)N[C@@H](C)C(=O)O[C@@H](CC(C)C)[C@@H](C)Oc2ccccc2)c1O. The minimum Gasteiger partial charge on any atom is -0.503 e. The number of carbonyl (C=O) groups is 2. The van der Waals surface area contributed by atoms with E-state index in [4.69, 9.17) is 14.2 Å². The highest BCUT2D eigenvalue weighted by Crippen LogP contribution is 2.27. The Bertz CT molecular complexity index is 872. The average Bonchev–Trinajstić information content (AvgIpc) is 2.73. The molecule has 2 rings (SSSR count). The van der Waals surface area contributed by atoms with Gasteiger partial charge in [0.2, 0.25) is 0 Å². The van der Waals surface area contributed by atoms with Gasteiger partial charge in [0.05, 0.1) is 7.11 Å². The molecule has 0 saturated heterocycles. The summed E-state index contributed by atoms with van der Waals surface area (Å²) >= 11 is 0. The van der Waals surface area contributed by atoms with Gasteiger partial charge in [-0.2, -0.15) is 0 Å². The van der Waals surface area contributed by atoms with Crippen LogP contribution in [0.3, 0.4) is 0 Å². The molecule has 2 aromatic rings. The summed E-state index contributed by atoms with van der Waals surface area (Å²) in [5.41, 5.74) is -0.237. The highest BCUT2D eigenvalue weighted by atomic mass is 16.6. The van der Waals surface area contributed by atoms with Gasteiger partial charge in [0.25, 0.3) is 5.91 Å². The van der Waals surface area contributed by atoms with Gasteiger partial charge in [0, 0.05) is 12.3 Å². The topological polar surface area (TPSA) is 107 Å². The van der Waals surface area contributed by atoms with Crippen molar-refractivity contribution in [3.8, 4) is 17.2 Å². The predicted octanol–water partition coefficient (Wildman–Crippen LogP) is 3.34. The van der Waals surface area contributed by atoms with Crippen LogP contribution in [0.25, 0.3) is 0 Å². The molecule has 0 bridgehead atoms. The fourth-order valence-corrected chi connectivity index (χ4v) is 2.93. The number of hydrogen-bond donors (Lipinski definition) is 2. The van der Waals surface area contributed by atoms with Gasteiger partial charge in [-0.3, -0.25) is 4.79 Å². The summed E-state index contributed by atoms with van der Waals surface area (Å²) < 4.78 is 16.6. The lowest BCUT2D eigenvalue weighted by molar-refractivity contribution is -0.156. The van der Waals surface area contributed by atoms with E-state index in [-0.39, 0.29) is 23.5 Å². The van der Waals surface area contributed by atoms with Crippen LogP contribution in [0.2, 0.25) is 0 Å². The summed E-state index contributed by atoms with van der Waals surface area (Å²) in [5, 5.41) is 12.6. The quantitative estimate of drug-likeness (QED) is 0.557. The van der Waals surface area contributed by atoms with Crippen LogP contribution in [-0.4, -0.2) is 47.3 Å². The van der Waals surface area contributed by atoms with Crippen LogP contribution in [0.15, 0.2) is 42.6 Å². The molecule has 1 heterocycles. The average molecular weight is 431 g/mol. The van der Waals surface area contributed by atoms with Crippen molar-refractivity contribution < 1.29 is 28.9 Å². The molecule has 168 valence electrons. The molecule has 0 aliphatic rings. The van der Waals surface area contributed by atoms with Crippen LogP contribution >= 0.6 is 0 Å². The molecule has 8 nitrogen and oxygen atoms in total. The van der Waals surface area contributed by atoms with Crippen LogP contribution in [0.5, 0.6) is 17.2 Å². The maximum absolute atomic E-state index is 12.7. The first kappa shape index (κ1) is 24.0. The molecule has 1 aromatic carbocycles. The lowest BCUT2D eigenvalue weighted by Crippen LogP contribution is -2.44. The first-order valence-electron chi connectivity index (χ1n) is 10.2. The third kappa shape index (κ3) is 6.87. The molecule has 0 spiro atoms. The fraction of sp³-hybridized carbons (Fsp3) is 0.435. The number of amides is 1. The number of carbonyl (C=O) groups excluding carboxylic acids is 2. The van der Waals surface area contributed by atoms with E-state index in [1.165, 1.54) is 26.3 Å². The molecule has 2 N–H and O–H groups in total. The number of ether oxygens (including phenoxy) is 3. The molecule has 1 amide bonds. The number of pyridine rings is 1. The molecule has 0 fully saturated rings. The summed E-state index contributed by atoms with van der Waals surface area (Å²) in [6.45, 7) is 7.40. The third-order valence-corrected chi connectivity index (χ3v) is 4.58. The second kappa shape index (κ2) is 11.2. The second-order valence-electron chi connectivity index (χ2n) is 7.65. The van der Waals surface area contributed by atoms with Gasteiger partial charge < -0.3 is 24.6 Å². The summed E-state index contributed by atoms with van der Waals surface area (Å²) in [7, 11) is 1.37. The smallest absolute Gasteiger partial charge is 0.328 e. The number of para-hydroxylation sites is 1. The Kier molecular flexibility index (Phi) is 8.66. The van der Waals surface area contributed by atoms with Gasteiger partial charge in [0.1, 0.15) is 24.0 Å². The van der Waals surface area contributed by atoms with Gasteiger partial charge in [-0.05, 0) is 38.3 Å². The number of rotatable bonds is 10. The Morgan fingerprint density at radius 2 is 1.77 bits per heavy atom. The zero-order chi connectivity index (χ0) is 23.0. The number of benzene rings is 1. The summed E-state index contributed by atoms with van der Waals surface area (Å²) in [6, 6.07) is 9.76. The molecule has 0 aliphatic carbocycles. The molecule has 0 aliphatic heterocycles. The molecule has 0 radical (unpaired) electrons. The standard InChI is InChI=1S/C23H30N2O6/c1-14(2)13-19(16(4)30-17-9-7-6-8-10-17)31-23(28)15(3)25-22(27)20-21(26)18(29-5)11-12-24-20/h6-12,14-16,19,26H,13H2,1-5H3,(H,25,27)/t15-,16+,19-/m0/s1.